The normalized spacial score (nSPS) is 13.5. The van der Waals surface area contributed by atoms with Gasteiger partial charge >= 0.3 is 5.97 Å². The quantitative estimate of drug-likeness (QED) is 0.820. The average molecular weight is 318 g/mol. The second kappa shape index (κ2) is 7.17. The predicted molar refractivity (Wildman–Crippen MR) is 87.5 cm³/mol. The molecule has 0 fully saturated rings. The molecule has 2 N–H and O–H groups in total. The average Bonchev–Trinajstić information content (AvgIpc) is 2.93. The van der Waals surface area contributed by atoms with Gasteiger partial charge in [0.25, 0.3) is 0 Å². The number of nitrogens with one attached hydrogen (secondary N) is 1. The lowest BCUT2D eigenvalue weighted by Gasteiger charge is -2.20. The van der Waals surface area contributed by atoms with E-state index in [1.807, 2.05) is 44.3 Å². The van der Waals surface area contributed by atoms with E-state index >= 15 is 0 Å². The molecule has 0 radical (unpaired) electrons. The van der Waals surface area contributed by atoms with Crippen molar-refractivity contribution in [1.82, 2.24) is 9.88 Å². The second-order valence-electron chi connectivity index (χ2n) is 5.64. The van der Waals surface area contributed by atoms with Crippen LogP contribution in [0, 0.1) is 5.92 Å². The largest absolute Gasteiger partial charge is 0.497 e. The molecule has 0 aliphatic heterocycles. The molecule has 0 aliphatic rings. The molecule has 0 saturated heterocycles. The smallest absolute Gasteiger partial charge is 0.326 e. The van der Waals surface area contributed by atoms with Crippen LogP contribution in [-0.4, -0.2) is 34.7 Å². The van der Waals surface area contributed by atoms with Crippen molar-refractivity contribution in [3.8, 4) is 5.75 Å². The summed E-state index contributed by atoms with van der Waals surface area (Å²) in [6, 6.07) is 6.63. The Morgan fingerprint density at radius 2 is 2.09 bits per heavy atom. The zero-order chi connectivity index (χ0) is 17.0. The van der Waals surface area contributed by atoms with Crippen LogP contribution in [0.1, 0.15) is 20.3 Å². The topological polar surface area (TPSA) is 80.6 Å². The summed E-state index contributed by atoms with van der Waals surface area (Å²) in [6.45, 7) is 3.80. The molecular weight excluding hydrogens is 296 g/mol. The van der Waals surface area contributed by atoms with E-state index in [0.29, 0.717) is 6.42 Å². The number of hydrogen-bond donors (Lipinski definition) is 2. The molecule has 124 valence electrons. The number of methoxy groups -OCH3 is 1. The van der Waals surface area contributed by atoms with Crippen molar-refractivity contribution >= 4 is 22.8 Å². The number of carboxylic acid groups (broad SMARTS) is 1. The van der Waals surface area contributed by atoms with Gasteiger partial charge in [-0.05, 0) is 30.2 Å². The fourth-order valence-electron chi connectivity index (χ4n) is 2.50. The van der Waals surface area contributed by atoms with Gasteiger partial charge in [0.05, 0.1) is 7.11 Å². The fraction of sp³-hybridized carbons (Fsp3) is 0.412. The maximum absolute atomic E-state index is 12.2. The lowest BCUT2D eigenvalue weighted by atomic mass is 9.99. The third-order valence-electron chi connectivity index (χ3n) is 4.09. The third kappa shape index (κ3) is 3.83. The molecule has 1 amide bonds. The maximum atomic E-state index is 12.2. The minimum Gasteiger partial charge on any atom is -0.497 e. The molecule has 1 aromatic carbocycles. The highest BCUT2D eigenvalue weighted by molar-refractivity contribution is 5.86. The molecule has 0 aliphatic carbocycles. The highest BCUT2D eigenvalue weighted by atomic mass is 16.5. The third-order valence-corrected chi connectivity index (χ3v) is 4.09. The molecule has 2 atom stereocenters. The first-order valence-corrected chi connectivity index (χ1v) is 7.61. The number of hydrogen-bond acceptors (Lipinski definition) is 3. The van der Waals surface area contributed by atoms with E-state index in [9.17, 15) is 14.7 Å². The number of ether oxygens (including phenoxy) is 1. The van der Waals surface area contributed by atoms with Gasteiger partial charge in [-0.1, -0.05) is 20.3 Å². The summed E-state index contributed by atoms with van der Waals surface area (Å²) >= 11 is 0. The predicted octanol–water partition coefficient (Wildman–Crippen LogP) is 2.27. The molecule has 0 saturated carbocycles. The highest BCUT2D eigenvalue weighted by Gasteiger charge is 2.25. The van der Waals surface area contributed by atoms with Gasteiger partial charge in [-0.2, -0.15) is 0 Å². The van der Waals surface area contributed by atoms with Crippen molar-refractivity contribution in [3.63, 3.8) is 0 Å². The maximum Gasteiger partial charge on any atom is 0.326 e. The van der Waals surface area contributed by atoms with Gasteiger partial charge in [0.15, 0.2) is 0 Å². The molecule has 0 bridgehead atoms. The minimum atomic E-state index is -1.00. The van der Waals surface area contributed by atoms with Gasteiger partial charge in [0.2, 0.25) is 5.91 Å². The van der Waals surface area contributed by atoms with Gasteiger partial charge in [-0.3, -0.25) is 4.79 Å². The summed E-state index contributed by atoms with van der Waals surface area (Å²) in [5.74, 6) is -0.689. The number of benzene rings is 1. The van der Waals surface area contributed by atoms with Gasteiger partial charge < -0.3 is 19.7 Å². The Kier molecular flexibility index (Phi) is 5.26. The van der Waals surface area contributed by atoms with Crippen LogP contribution in [0.3, 0.4) is 0 Å². The number of carbonyl (C=O) groups excluding carboxylic acids is 1. The van der Waals surface area contributed by atoms with Crippen LogP contribution in [0.2, 0.25) is 0 Å². The summed E-state index contributed by atoms with van der Waals surface area (Å²) in [6.07, 6.45) is 2.49. The van der Waals surface area contributed by atoms with Crippen molar-refractivity contribution in [1.29, 1.82) is 0 Å². The Morgan fingerprint density at radius 1 is 1.35 bits per heavy atom. The van der Waals surface area contributed by atoms with E-state index < -0.39 is 12.0 Å². The number of rotatable bonds is 7. The molecule has 1 heterocycles. The number of aromatic nitrogens is 1. The van der Waals surface area contributed by atoms with Gasteiger partial charge in [0.1, 0.15) is 18.3 Å². The van der Waals surface area contributed by atoms with Gasteiger partial charge in [-0.25, -0.2) is 4.79 Å². The zero-order valence-corrected chi connectivity index (χ0v) is 13.6. The van der Waals surface area contributed by atoms with Crippen LogP contribution in [0.4, 0.5) is 0 Å². The van der Waals surface area contributed by atoms with Gasteiger partial charge in [-0.15, -0.1) is 0 Å². The number of fused-ring (bicyclic) bond motifs is 1. The van der Waals surface area contributed by atoms with Crippen molar-refractivity contribution < 1.29 is 19.4 Å². The van der Waals surface area contributed by atoms with Crippen molar-refractivity contribution in [3.05, 3.63) is 30.5 Å². The Morgan fingerprint density at radius 3 is 2.70 bits per heavy atom. The lowest BCUT2D eigenvalue weighted by Crippen LogP contribution is -2.46. The number of nitrogens with zero attached hydrogens (tertiary/aromatic N) is 1. The summed E-state index contributed by atoms with van der Waals surface area (Å²) in [5, 5.41) is 12.8. The van der Waals surface area contributed by atoms with Crippen LogP contribution < -0.4 is 10.1 Å². The Balaban J connectivity index is 2.12. The first kappa shape index (κ1) is 16.9. The molecule has 6 nitrogen and oxygen atoms in total. The number of aliphatic carboxylic acids is 1. The summed E-state index contributed by atoms with van der Waals surface area (Å²) < 4.78 is 6.97. The van der Waals surface area contributed by atoms with Crippen LogP contribution in [-0.2, 0) is 16.1 Å². The van der Waals surface area contributed by atoms with Gasteiger partial charge in [0, 0.05) is 17.1 Å². The highest BCUT2D eigenvalue weighted by Crippen LogP contribution is 2.21. The molecule has 2 aromatic rings. The van der Waals surface area contributed by atoms with E-state index in [0.717, 1.165) is 16.7 Å². The fourth-order valence-corrected chi connectivity index (χ4v) is 2.50. The monoisotopic (exact) mass is 318 g/mol. The standard InChI is InChI=1S/C17H22N2O4/c1-4-11(2)16(17(21)22)18-15(20)10-19-8-7-12-9-13(23-3)5-6-14(12)19/h5-9,11,16H,4,10H2,1-3H3,(H,18,20)(H,21,22)/t11-,16+/m1/s1. The lowest BCUT2D eigenvalue weighted by molar-refractivity contribution is -0.143. The first-order valence-electron chi connectivity index (χ1n) is 7.61. The van der Waals surface area contributed by atoms with Crippen LogP contribution in [0.5, 0.6) is 5.75 Å². The molecule has 0 unspecified atom stereocenters. The number of carbonyl (C=O) groups is 2. The molecule has 1 aromatic heterocycles. The Bertz CT molecular complexity index is 708. The van der Waals surface area contributed by atoms with E-state index in [4.69, 9.17) is 4.74 Å². The number of amides is 1. The SMILES string of the molecule is CC[C@@H](C)[C@H](NC(=O)Cn1ccc2cc(OC)ccc21)C(=O)O. The van der Waals surface area contributed by atoms with Crippen LogP contribution >= 0.6 is 0 Å². The second-order valence-corrected chi connectivity index (χ2v) is 5.64. The Labute approximate surface area is 135 Å². The zero-order valence-electron chi connectivity index (χ0n) is 13.6. The van der Waals surface area contributed by atoms with Crippen LogP contribution in [0.15, 0.2) is 30.5 Å². The van der Waals surface area contributed by atoms with E-state index in [1.54, 1.807) is 11.7 Å². The summed E-state index contributed by atoms with van der Waals surface area (Å²) in [7, 11) is 1.60. The van der Waals surface area contributed by atoms with E-state index in [2.05, 4.69) is 5.32 Å². The molecule has 2 rings (SSSR count). The summed E-state index contributed by atoms with van der Waals surface area (Å²) in [4.78, 5) is 23.5. The van der Waals surface area contributed by atoms with E-state index in [-0.39, 0.29) is 18.4 Å². The van der Waals surface area contributed by atoms with Crippen LogP contribution in [0.25, 0.3) is 10.9 Å². The summed E-state index contributed by atoms with van der Waals surface area (Å²) in [5.41, 5.74) is 0.899. The molecular formula is C17H22N2O4. The molecule has 23 heavy (non-hydrogen) atoms. The minimum absolute atomic E-state index is 0.0794. The van der Waals surface area contributed by atoms with Crippen molar-refractivity contribution in [2.45, 2.75) is 32.9 Å². The molecule has 6 heteroatoms. The van der Waals surface area contributed by atoms with Crippen molar-refractivity contribution in [2.24, 2.45) is 5.92 Å². The number of carboxylic acids is 1. The molecule has 0 spiro atoms. The Hall–Kier alpha value is -2.50. The first-order chi connectivity index (χ1) is 11.0. The van der Waals surface area contributed by atoms with E-state index in [1.165, 1.54) is 0 Å². The van der Waals surface area contributed by atoms with Crippen molar-refractivity contribution in [2.75, 3.05) is 7.11 Å².